The van der Waals surface area contributed by atoms with E-state index >= 15 is 0 Å². The third kappa shape index (κ3) is 5.44. The van der Waals surface area contributed by atoms with Gasteiger partial charge >= 0.3 is 0 Å². The number of hydrogen-bond donors (Lipinski definition) is 1. The standard InChI is InChI=1S/C40H34N2/c1-3-12-30(13-4-1)33-18-9-20-36(28-33)41-35-24-26-37(27-25-35)42(40-23-11-17-32-16-7-8-22-39(32)40)38-21-10-19-34(29-38)31-14-5-2-6-15-31/h1-3,5-12,14-27,29,36,41H,4,13,28H2. The van der Waals surface area contributed by atoms with Crippen LogP contribution in [-0.4, -0.2) is 6.04 Å². The summed E-state index contributed by atoms with van der Waals surface area (Å²) in [5.41, 5.74) is 9.87. The molecule has 1 unspecified atom stereocenters. The first-order chi connectivity index (χ1) is 20.8. The van der Waals surface area contributed by atoms with Crippen LogP contribution >= 0.6 is 0 Å². The van der Waals surface area contributed by atoms with Gasteiger partial charge in [0.05, 0.1) is 5.69 Å². The fourth-order valence-corrected chi connectivity index (χ4v) is 6.09. The third-order valence-corrected chi connectivity index (χ3v) is 8.20. The predicted molar refractivity (Wildman–Crippen MR) is 180 cm³/mol. The third-order valence-electron chi connectivity index (χ3n) is 8.20. The summed E-state index contributed by atoms with van der Waals surface area (Å²) in [7, 11) is 0. The van der Waals surface area contributed by atoms with Gasteiger partial charge < -0.3 is 10.2 Å². The number of rotatable bonds is 7. The van der Waals surface area contributed by atoms with E-state index in [1.165, 1.54) is 38.7 Å². The summed E-state index contributed by atoms with van der Waals surface area (Å²) in [5.74, 6) is 0. The molecule has 2 aliphatic carbocycles. The second-order valence-corrected chi connectivity index (χ2v) is 11.0. The van der Waals surface area contributed by atoms with Crippen LogP contribution in [-0.2, 0) is 0 Å². The van der Waals surface area contributed by atoms with E-state index in [2.05, 4.69) is 168 Å². The molecule has 0 amide bonds. The molecule has 0 heterocycles. The van der Waals surface area contributed by atoms with Crippen LogP contribution in [0.5, 0.6) is 0 Å². The lowest BCUT2D eigenvalue weighted by molar-refractivity contribution is 0.823. The lowest BCUT2D eigenvalue weighted by Crippen LogP contribution is -2.20. The van der Waals surface area contributed by atoms with Crippen LogP contribution in [0.15, 0.2) is 169 Å². The van der Waals surface area contributed by atoms with E-state index in [-0.39, 0.29) is 6.04 Å². The van der Waals surface area contributed by atoms with E-state index in [0.717, 1.165) is 36.3 Å². The number of benzene rings is 5. The molecule has 0 bridgehead atoms. The summed E-state index contributed by atoms with van der Waals surface area (Å²) in [5, 5.41) is 6.22. The minimum Gasteiger partial charge on any atom is -0.378 e. The Kier molecular flexibility index (Phi) is 7.27. The number of nitrogens with zero attached hydrogens (tertiary/aromatic N) is 1. The van der Waals surface area contributed by atoms with E-state index in [0.29, 0.717) is 0 Å². The number of nitrogens with one attached hydrogen (secondary N) is 1. The van der Waals surface area contributed by atoms with Gasteiger partial charge in [-0.2, -0.15) is 0 Å². The summed E-state index contributed by atoms with van der Waals surface area (Å²) in [4.78, 5) is 2.38. The fraction of sp³-hybridized carbons (Fsp3) is 0.100. The first-order valence-electron chi connectivity index (χ1n) is 14.9. The van der Waals surface area contributed by atoms with E-state index in [1.807, 2.05) is 0 Å². The second kappa shape index (κ2) is 11.8. The van der Waals surface area contributed by atoms with Crippen molar-refractivity contribution in [3.8, 4) is 11.1 Å². The molecule has 0 aromatic heterocycles. The molecule has 2 aliphatic rings. The fourth-order valence-electron chi connectivity index (χ4n) is 6.09. The Bertz CT molecular complexity index is 1820. The predicted octanol–water partition coefficient (Wildman–Crippen LogP) is 10.9. The molecule has 1 atom stereocenters. The molecule has 2 nitrogen and oxygen atoms in total. The second-order valence-electron chi connectivity index (χ2n) is 11.0. The topological polar surface area (TPSA) is 15.3 Å². The highest BCUT2D eigenvalue weighted by Gasteiger charge is 2.18. The largest absolute Gasteiger partial charge is 0.378 e. The van der Waals surface area contributed by atoms with Crippen molar-refractivity contribution in [2.45, 2.75) is 25.3 Å². The zero-order valence-corrected chi connectivity index (χ0v) is 23.7. The van der Waals surface area contributed by atoms with E-state index < -0.39 is 0 Å². The molecular formula is C40H34N2. The number of allylic oxidation sites excluding steroid dienone is 6. The Labute approximate surface area is 248 Å². The molecular weight excluding hydrogens is 508 g/mol. The van der Waals surface area contributed by atoms with Crippen molar-refractivity contribution in [2.24, 2.45) is 0 Å². The SMILES string of the molecule is C1=CCCC(C2=CC=CC(Nc3ccc(N(c4cccc(-c5ccccc5)c4)c4cccc5ccccc45)cc3)C2)=C1. The highest BCUT2D eigenvalue weighted by molar-refractivity contribution is 5.99. The van der Waals surface area contributed by atoms with E-state index in [1.54, 1.807) is 0 Å². The van der Waals surface area contributed by atoms with Crippen LogP contribution in [0.25, 0.3) is 21.9 Å². The Morgan fingerprint density at radius 1 is 0.619 bits per heavy atom. The highest BCUT2D eigenvalue weighted by Crippen LogP contribution is 2.40. The monoisotopic (exact) mass is 542 g/mol. The van der Waals surface area contributed by atoms with E-state index in [9.17, 15) is 0 Å². The van der Waals surface area contributed by atoms with Crippen LogP contribution < -0.4 is 10.2 Å². The lowest BCUT2D eigenvalue weighted by atomic mass is 9.89. The number of hydrogen-bond acceptors (Lipinski definition) is 2. The van der Waals surface area contributed by atoms with Gasteiger partial charge in [0.2, 0.25) is 0 Å². The van der Waals surface area contributed by atoms with Gasteiger partial charge in [0.15, 0.2) is 0 Å². The molecule has 0 saturated carbocycles. The molecule has 0 aliphatic heterocycles. The molecule has 0 fully saturated rings. The molecule has 0 radical (unpaired) electrons. The van der Waals surface area contributed by atoms with Crippen LogP contribution in [0.2, 0.25) is 0 Å². The van der Waals surface area contributed by atoms with Crippen LogP contribution in [0.3, 0.4) is 0 Å². The average molecular weight is 543 g/mol. The van der Waals surface area contributed by atoms with Gasteiger partial charge in [-0.1, -0.05) is 115 Å². The van der Waals surface area contributed by atoms with Crippen molar-refractivity contribution < 1.29 is 0 Å². The van der Waals surface area contributed by atoms with Crippen molar-refractivity contribution in [3.63, 3.8) is 0 Å². The van der Waals surface area contributed by atoms with Crippen LogP contribution in [0.4, 0.5) is 22.7 Å². The smallest absolute Gasteiger partial charge is 0.0540 e. The Morgan fingerprint density at radius 2 is 1.38 bits per heavy atom. The van der Waals surface area contributed by atoms with Gasteiger partial charge in [-0.05, 0) is 89.4 Å². The zero-order chi connectivity index (χ0) is 28.1. The first kappa shape index (κ1) is 25.9. The molecule has 1 N–H and O–H groups in total. The number of anilines is 4. The minimum atomic E-state index is 0.277. The summed E-state index contributed by atoms with van der Waals surface area (Å²) >= 11 is 0. The van der Waals surface area contributed by atoms with Crippen LogP contribution in [0.1, 0.15) is 19.3 Å². The summed E-state index contributed by atoms with van der Waals surface area (Å²) in [6, 6.07) is 43.8. The highest BCUT2D eigenvalue weighted by atomic mass is 15.1. The van der Waals surface area contributed by atoms with Gasteiger partial charge in [-0.25, -0.2) is 0 Å². The van der Waals surface area contributed by atoms with Crippen LogP contribution in [0, 0.1) is 0 Å². The molecule has 2 heteroatoms. The van der Waals surface area contributed by atoms with Gasteiger partial charge in [0.25, 0.3) is 0 Å². The molecule has 7 rings (SSSR count). The minimum absolute atomic E-state index is 0.277. The van der Waals surface area contributed by atoms with Crippen molar-refractivity contribution in [3.05, 3.63) is 169 Å². The van der Waals surface area contributed by atoms with E-state index in [4.69, 9.17) is 0 Å². The molecule has 0 saturated heterocycles. The molecule has 5 aromatic rings. The maximum absolute atomic E-state index is 3.76. The number of fused-ring (bicyclic) bond motifs is 1. The lowest BCUT2D eigenvalue weighted by Gasteiger charge is -2.28. The quantitative estimate of drug-likeness (QED) is 0.220. The summed E-state index contributed by atoms with van der Waals surface area (Å²) in [6.07, 6.45) is 16.7. The molecule has 42 heavy (non-hydrogen) atoms. The van der Waals surface area contributed by atoms with Gasteiger partial charge in [-0.15, -0.1) is 0 Å². The molecule has 5 aromatic carbocycles. The summed E-state index contributed by atoms with van der Waals surface area (Å²) < 4.78 is 0. The van der Waals surface area contributed by atoms with Gasteiger partial charge in [0.1, 0.15) is 0 Å². The Morgan fingerprint density at radius 3 is 2.24 bits per heavy atom. The average Bonchev–Trinajstić information content (AvgIpc) is 3.07. The normalized spacial score (nSPS) is 16.1. The van der Waals surface area contributed by atoms with Crippen molar-refractivity contribution in [1.29, 1.82) is 0 Å². The Balaban J connectivity index is 1.21. The van der Waals surface area contributed by atoms with Crippen molar-refractivity contribution >= 4 is 33.5 Å². The molecule has 0 spiro atoms. The maximum Gasteiger partial charge on any atom is 0.0540 e. The summed E-state index contributed by atoms with van der Waals surface area (Å²) in [6.45, 7) is 0. The Hall–Kier alpha value is -5.08. The van der Waals surface area contributed by atoms with Gasteiger partial charge in [0, 0.05) is 28.5 Å². The molecule has 204 valence electrons. The van der Waals surface area contributed by atoms with Crippen molar-refractivity contribution in [1.82, 2.24) is 0 Å². The van der Waals surface area contributed by atoms with Crippen molar-refractivity contribution in [2.75, 3.05) is 10.2 Å². The van der Waals surface area contributed by atoms with Gasteiger partial charge in [-0.3, -0.25) is 0 Å². The maximum atomic E-state index is 3.76. The first-order valence-corrected chi connectivity index (χ1v) is 14.9. The zero-order valence-electron chi connectivity index (χ0n) is 23.7.